The van der Waals surface area contributed by atoms with Crippen LogP contribution < -0.4 is 0 Å². The molecule has 1 unspecified atom stereocenters. The van der Waals surface area contributed by atoms with Crippen LogP contribution in [0.5, 0.6) is 0 Å². The zero-order valence-electron chi connectivity index (χ0n) is 20.6. The zero-order chi connectivity index (χ0) is 28.7. The lowest BCUT2D eigenvalue weighted by molar-refractivity contribution is -0.373. The van der Waals surface area contributed by atoms with Crippen molar-refractivity contribution >= 4 is 22.1 Å². The molecule has 0 aliphatic rings. The molecule has 0 radical (unpaired) electrons. The molecular weight excluding hydrogens is 514 g/mol. The third-order valence-corrected chi connectivity index (χ3v) is 5.96. The van der Waals surface area contributed by atoms with Crippen LogP contribution in [-0.4, -0.2) is 66.4 Å². The van der Waals surface area contributed by atoms with Crippen LogP contribution in [-0.2, 0) is 29.2 Å². The monoisotopic (exact) mass is 548 g/mol. The molecule has 0 heterocycles. The van der Waals surface area contributed by atoms with Gasteiger partial charge >= 0.3 is 24.3 Å². The molecule has 0 rings (SSSR count). The smallest absolute Gasteiger partial charge is 0.426 e. The molecule has 8 nitrogen and oxygen atoms in total. The maximum atomic E-state index is 12.5. The van der Waals surface area contributed by atoms with E-state index < -0.39 is 69.1 Å². The van der Waals surface area contributed by atoms with Gasteiger partial charge in [0.05, 0.1) is 10.8 Å². The molecule has 0 aromatic carbocycles. The van der Waals surface area contributed by atoms with E-state index >= 15 is 0 Å². The summed E-state index contributed by atoms with van der Waals surface area (Å²) >= 11 is 0. The number of rotatable bonds is 10. The molecule has 2 N–H and O–H groups in total. The van der Waals surface area contributed by atoms with Crippen LogP contribution in [0.4, 0.5) is 26.3 Å². The van der Waals surface area contributed by atoms with E-state index in [1.54, 1.807) is 20.8 Å². The third-order valence-electron chi connectivity index (χ3n) is 5.28. The Morgan fingerprint density at radius 2 is 1.23 bits per heavy atom. The fourth-order valence-electron chi connectivity index (χ4n) is 1.92. The lowest BCUT2D eigenvalue weighted by atomic mass is 9.90. The van der Waals surface area contributed by atoms with Gasteiger partial charge < -0.3 is 14.6 Å². The Morgan fingerprint density at radius 1 is 0.857 bits per heavy atom. The van der Waals surface area contributed by atoms with Crippen LogP contribution in [0, 0.1) is 10.8 Å². The van der Waals surface area contributed by atoms with Crippen molar-refractivity contribution in [2.24, 2.45) is 10.8 Å². The molecule has 0 aliphatic carbocycles. The summed E-state index contributed by atoms with van der Waals surface area (Å²) in [5.41, 5.74) is -6.57. The molecule has 0 aromatic heterocycles. The zero-order valence-corrected chi connectivity index (χ0v) is 21.4. The Labute approximate surface area is 201 Å². The maximum Gasteiger partial charge on any atom is 0.426 e. The SMILES string of the molecule is CCC(C)(C)C(=O)OC(C)CC(O)(C(F)(F)F)C(F)(F)F.CCC(C)(C)C(=O)OCCS(=O)(=O)O. The van der Waals surface area contributed by atoms with Crippen LogP contribution in [0.25, 0.3) is 0 Å². The summed E-state index contributed by atoms with van der Waals surface area (Å²) in [6.07, 6.45) is -14.5. The minimum atomic E-state index is -5.92. The van der Waals surface area contributed by atoms with Gasteiger partial charge in [-0.3, -0.25) is 14.1 Å². The summed E-state index contributed by atoms with van der Waals surface area (Å²) < 4.78 is 113. The van der Waals surface area contributed by atoms with E-state index in [2.05, 4.69) is 4.74 Å². The highest BCUT2D eigenvalue weighted by Crippen LogP contribution is 2.46. The number of hydrogen-bond donors (Lipinski definition) is 2. The second kappa shape index (κ2) is 12.6. The maximum absolute atomic E-state index is 12.5. The lowest BCUT2D eigenvalue weighted by Gasteiger charge is -2.34. The molecule has 35 heavy (non-hydrogen) atoms. The molecule has 1 atom stereocenters. The van der Waals surface area contributed by atoms with Gasteiger partial charge in [-0.1, -0.05) is 13.8 Å². The molecule has 15 heteroatoms. The van der Waals surface area contributed by atoms with Crippen molar-refractivity contribution in [1.29, 1.82) is 0 Å². The van der Waals surface area contributed by atoms with Crippen molar-refractivity contribution in [3.63, 3.8) is 0 Å². The fraction of sp³-hybridized carbons (Fsp3) is 0.900. The lowest BCUT2D eigenvalue weighted by Crippen LogP contribution is -2.58. The topological polar surface area (TPSA) is 127 Å². The van der Waals surface area contributed by atoms with Crippen LogP contribution >= 0.6 is 0 Å². The van der Waals surface area contributed by atoms with Gasteiger partial charge in [0.25, 0.3) is 15.7 Å². The highest BCUT2D eigenvalue weighted by molar-refractivity contribution is 7.85. The number of halogens is 6. The predicted octanol–water partition coefficient (Wildman–Crippen LogP) is 4.45. The minimum absolute atomic E-state index is 0.293. The largest absolute Gasteiger partial charge is 0.464 e. The van der Waals surface area contributed by atoms with Crippen LogP contribution in [0.3, 0.4) is 0 Å². The van der Waals surface area contributed by atoms with Crippen molar-refractivity contribution in [1.82, 2.24) is 0 Å². The first-order valence-electron chi connectivity index (χ1n) is 10.5. The van der Waals surface area contributed by atoms with E-state index in [-0.39, 0.29) is 6.61 Å². The van der Waals surface area contributed by atoms with E-state index in [0.717, 1.165) is 6.92 Å². The average molecular weight is 549 g/mol. The van der Waals surface area contributed by atoms with E-state index in [4.69, 9.17) is 14.4 Å². The quantitative estimate of drug-likeness (QED) is 0.233. The summed E-state index contributed by atoms with van der Waals surface area (Å²) in [4.78, 5) is 22.9. The third kappa shape index (κ3) is 11.8. The van der Waals surface area contributed by atoms with Gasteiger partial charge in [-0.05, 0) is 47.5 Å². The first kappa shape index (κ1) is 35.6. The van der Waals surface area contributed by atoms with Crippen molar-refractivity contribution in [3.05, 3.63) is 0 Å². The number of hydrogen-bond acceptors (Lipinski definition) is 7. The standard InChI is InChI=1S/C12H18F6O3.C8H16O5S/c1-5-9(3,4)8(19)21-7(2)6-10(20,11(13,14)15)12(16,17)18;1-4-8(2,3)7(9)13-5-6-14(10,11)12/h7,20H,5-6H2,1-4H3;4-6H2,1-3H3,(H,10,11,12). The Morgan fingerprint density at radius 3 is 1.54 bits per heavy atom. The average Bonchev–Trinajstić information content (AvgIpc) is 2.65. The molecule has 0 aliphatic heterocycles. The Balaban J connectivity index is 0. The van der Waals surface area contributed by atoms with Crippen molar-refractivity contribution < 1.29 is 63.5 Å². The van der Waals surface area contributed by atoms with Gasteiger partial charge in [0.1, 0.15) is 18.5 Å². The van der Waals surface area contributed by atoms with Crippen LogP contribution in [0.15, 0.2) is 0 Å². The number of ether oxygens (including phenoxy) is 2. The van der Waals surface area contributed by atoms with Gasteiger partial charge in [0.2, 0.25) is 0 Å². The van der Waals surface area contributed by atoms with Crippen molar-refractivity contribution in [2.45, 2.75) is 91.8 Å². The second-order valence-electron chi connectivity index (χ2n) is 9.17. The van der Waals surface area contributed by atoms with Gasteiger partial charge in [-0.25, -0.2) is 0 Å². The second-order valence-corrected chi connectivity index (χ2v) is 10.7. The van der Waals surface area contributed by atoms with Gasteiger partial charge in [-0.2, -0.15) is 34.8 Å². The van der Waals surface area contributed by atoms with E-state index in [1.165, 1.54) is 13.8 Å². The molecular formula is C20H34F6O8S. The summed E-state index contributed by atoms with van der Waals surface area (Å²) in [5.74, 6) is -1.94. The van der Waals surface area contributed by atoms with Crippen LogP contribution in [0.2, 0.25) is 0 Å². The van der Waals surface area contributed by atoms with Crippen molar-refractivity contribution in [3.8, 4) is 0 Å². The van der Waals surface area contributed by atoms with Gasteiger partial charge in [-0.15, -0.1) is 0 Å². The molecule has 0 aromatic rings. The Kier molecular flexibility index (Phi) is 12.8. The van der Waals surface area contributed by atoms with Crippen molar-refractivity contribution in [2.75, 3.05) is 12.4 Å². The number of carbonyl (C=O) groups excluding carboxylic acids is 2. The first-order valence-corrected chi connectivity index (χ1v) is 12.1. The predicted molar refractivity (Wildman–Crippen MR) is 113 cm³/mol. The van der Waals surface area contributed by atoms with E-state index in [9.17, 15) is 44.3 Å². The normalized spacial score (nSPS) is 14.5. The Bertz CT molecular complexity index is 789. The molecule has 210 valence electrons. The molecule has 0 spiro atoms. The molecule has 0 saturated carbocycles. The van der Waals surface area contributed by atoms with Gasteiger partial charge in [0.15, 0.2) is 0 Å². The molecule has 0 bridgehead atoms. The fourth-order valence-corrected chi connectivity index (χ4v) is 2.21. The Hall–Kier alpha value is -1.61. The number of aliphatic hydroxyl groups is 1. The van der Waals surface area contributed by atoms with E-state index in [0.29, 0.717) is 12.8 Å². The molecule has 0 fully saturated rings. The minimum Gasteiger partial charge on any atom is -0.464 e. The number of alkyl halides is 6. The van der Waals surface area contributed by atoms with Crippen LogP contribution in [0.1, 0.15) is 67.7 Å². The summed E-state index contributed by atoms with van der Waals surface area (Å²) in [7, 11) is -4.05. The molecule has 0 amide bonds. The highest BCUT2D eigenvalue weighted by Gasteiger charge is 2.70. The summed E-state index contributed by atoms with van der Waals surface area (Å²) in [6.45, 7) is 10.3. The van der Waals surface area contributed by atoms with E-state index in [1.807, 2.05) is 6.92 Å². The van der Waals surface area contributed by atoms with Gasteiger partial charge in [0, 0.05) is 6.42 Å². The number of carbonyl (C=O) groups is 2. The molecule has 0 saturated heterocycles. The summed E-state index contributed by atoms with van der Waals surface area (Å²) in [6, 6.07) is 0. The summed E-state index contributed by atoms with van der Waals surface area (Å²) in [5, 5.41) is 8.99. The number of esters is 2. The highest BCUT2D eigenvalue weighted by atomic mass is 32.2. The first-order chi connectivity index (χ1) is 15.3.